The number of esters is 1. The number of ether oxygens (including phenoxy) is 1. The number of carbonyl (C=O) groups is 3. The van der Waals surface area contributed by atoms with Gasteiger partial charge in [-0.05, 0) is 43.2 Å². The number of cyclic esters (lactones) is 1. The number of thioether (sulfide) groups is 2. The Hall–Kier alpha value is -2.70. The highest BCUT2D eigenvalue weighted by molar-refractivity contribution is 8.14. The normalized spacial score (nSPS) is 24.4. The van der Waals surface area contributed by atoms with Crippen molar-refractivity contribution in [3.8, 4) is 0 Å². The van der Waals surface area contributed by atoms with E-state index in [-0.39, 0.29) is 30.7 Å². The fourth-order valence-corrected chi connectivity index (χ4v) is 6.64. The van der Waals surface area contributed by atoms with E-state index in [4.69, 9.17) is 4.74 Å². The number of aliphatic imine (C=N–C) groups is 1. The highest BCUT2D eigenvalue weighted by Gasteiger charge is 2.41. The smallest absolute Gasteiger partial charge is 0.329 e. The number of amides is 2. The molecule has 208 valence electrons. The van der Waals surface area contributed by atoms with Crippen LogP contribution in [0.3, 0.4) is 0 Å². The maximum Gasteiger partial charge on any atom is 0.329 e. The standard InChI is InChI=1S/C27H33N5O4S3/c1-17(2)23-25(34)36-19(9-5-7-11-37-14-18-8-4-6-10-28-18)12-21(33)29-13-22-30-20(15-38-22)24-32-27(3,16-39-24)26(35)31-23/h4-6,8-10,15,17,19,23H,7,11-14,16H2,1-3H3,(H,29,33)(H,31,35)/b9-5+/t19-,23+,27+/m1/s1. The molecule has 0 aliphatic carbocycles. The molecule has 0 saturated heterocycles. The summed E-state index contributed by atoms with van der Waals surface area (Å²) in [7, 11) is 0. The van der Waals surface area contributed by atoms with Gasteiger partial charge in [0.25, 0.3) is 0 Å². The van der Waals surface area contributed by atoms with Gasteiger partial charge in [0.15, 0.2) is 0 Å². The van der Waals surface area contributed by atoms with Crippen molar-refractivity contribution in [3.63, 3.8) is 0 Å². The summed E-state index contributed by atoms with van der Waals surface area (Å²) in [5.41, 5.74) is 0.699. The zero-order valence-corrected chi connectivity index (χ0v) is 24.7. The van der Waals surface area contributed by atoms with Crippen molar-refractivity contribution >= 4 is 57.7 Å². The van der Waals surface area contributed by atoms with Crippen LogP contribution in [0.15, 0.2) is 46.9 Å². The average molecular weight is 588 g/mol. The molecule has 3 atom stereocenters. The van der Waals surface area contributed by atoms with Crippen molar-refractivity contribution in [1.82, 2.24) is 20.6 Å². The molecule has 0 saturated carbocycles. The van der Waals surface area contributed by atoms with E-state index in [2.05, 4.69) is 25.6 Å². The molecule has 4 heterocycles. The van der Waals surface area contributed by atoms with E-state index in [1.165, 1.54) is 23.1 Å². The Kier molecular flexibility index (Phi) is 10.2. The van der Waals surface area contributed by atoms with Crippen molar-refractivity contribution in [2.45, 2.75) is 63.6 Å². The van der Waals surface area contributed by atoms with Gasteiger partial charge >= 0.3 is 5.97 Å². The van der Waals surface area contributed by atoms with Gasteiger partial charge in [0, 0.05) is 23.1 Å². The molecule has 0 unspecified atom stereocenters. The van der Waals surface area contributed by atoms with Gasteiger partial charge in [0.2, 0.25) is 11.8 Å². The predicted octanol–water partition coefficient (Wildman–Crippen LogP) is 3.74. The average Bonchev–Trinajstić information content (AvgIpc) is 3.55. The number of pyridine rings is 1. The summed E-state index contributed by atoms with van der Waals surface area (Å²) in [5.74, 6) is 0.737. The number of allylic oxidation sites excluding steroid dienone is 1. The Labute approximate surface area is 241 Å². The number of rotatable bonds is 7. The molecule has 0 spiro atoms. The van der Waals surface area contributed by atoms with Crippen LogP contribution in [0.4, 0.5) is 0 Å². The Morgan fingerprint density at radius 3 is 2.90 bits per heavy atom. The second-order valence-electron chi connectivity index (χ2n) is 9.85. The molecule has 2 aromatic heterocycles. The molecule has 9 nitrogen and oxygen atoms in total. The lowest BCUT2D eigenvalue weighted by atomic mass is 10.0. The first-order valence-electron chi connectivity index (χ1n) is 12.8. The first-order valence-corrected chi connectivity index (χ1v) is 15.9. The Bertz CT molecular complexity index is 1230. The van der Waals surface area contributed by atoms with Gasteiger partial charge in [-0.15, -0.1) is 23.1 Å². The Morgan fingerprint density at radius 1 is 1.28 bits per heavy atom. The molecule has 12 heteroatoms. The zero-order chi connectivity index (χ0) is 27.8. The number of hydrogen-bond donors (Lipinski definition) is 2. The van der Waals surface area contributed by atoms with Gasteiger partial charge in [-0.25, -0.2) is 9.78 Å². The van der Waals surface area contributed by atoms with Crippen molar-refractivity contribution in [3.05, 3.63) is 58.3 Å². The molecule has 2 aliphatic rings. The van der Waals surface area contributed by atoms with E-state index < -0.39 is 23.7 Å². The molecule has 2 N–H and O–H groups in total. The largest absolute Gasteiger partial charge is 0.456 e. The van der Waals surface area contributed by atoms with Gasteiger partial charge in [0.1, 0.15) is 33.4 Å². The fraction of sp³-hybridized carbons (Fsp3) is 0.481. The third-order valence-electron chi connectivity index (χ3n) is 6.15. The number of hydrogen-bond acceptors (Lipinski definition) is 10. The molecule has 2 amide bonds. The van der Waals surface area contributed by atoms with Crippen molar-refractivity contribution < 1.29 is 19.1 Å². The number of nitrogens with one attached hydrogen (secondary N) is 2. The lowest BCUT2D eigenvalue weighted by Crippen LogP contribution is -2.53. The molecular formula is C27H33N5O4S3. The lowest BCUT2D eigenvalue weighted by Gasteiger charge is -2.27. The quantitative estimate of drug-likeness (QED) is 0.285. The van der Waals surface area contributed by atoms with Crippen LogP contribution in [0, 0.1) is 5.92 Å². The predicted molar refractivity (Wildman–Crippen MR) is 157 cm³/mol. The first kappa shape index (κ1) is 29.3. The maximum absolute atomic E-state index is 13.3. The van der Waals surface area contributed by atoms with Crippen molar-refractivity contribution in [1.29, 1.82) is 0 Å². The van der Waals surface area contributed by atoms with Gasteiger partial charge < -0.3 is 15.4 Å². The molecule has 39 heavy (non-hydrogen) atoms. The maximum atomic E-state index is 13.3. The number of thiazole rings is 1. The first-order chi connectivity index (χ1) is 18.7. The summed E-state index contributed by atoms with van der Waals surface area (Å²) in [6.07, 6.45) is 5.42. The van der Waals surface area contributed by atoms with Gasteiger partial charge in [-0.2, -0.15) is 11.8 Å². The summed E-state index contributed by atoms with van der Waals surface area (Å²) in [6.45, 7) is 5.72. The van der Waals surface area contributed by atoms with Crippen LogP contribution < -0.4 is 10.6 Å². The molecule has 4 bridgehead atoms. The topological polar surface area (TPSA) is 123 Å². The summed E-state index contributed by atoms with van der Waals surface area (Å²) < 4.78 is 5.79. The third kappa shape index (κ3) is 8.15. The second kappa shape index (κ2) is 13.6. The van der Waals surface area contributed by atoms with Crippen LogP contribution in [0.1, 0.15) is 50.0 Å². The molecule has 4 rings (SSSR count). The Balaban J connectivity index is 1.46. The molecular weight excluding hydrogens is 555 g/mol. The molecule has 2 aliphatic heterocycles. The minimum absolute atomic E-state index is 0.0272. The highest BCUT2D eigenvalue weighted by atomic mass is 32.2. The SMILES string of the molecule is CC(C)[C@@H]1NC(=O)[C@]2(C)CSC(=N2)c2csc(n2)CNC(=O)C[C@@H](/C=C/CCSCc2ccccn2)OC1=O. The zero-order valence-electron chi connectivity index (χ0n) is 22.2. The minimum Gasteiger partial charge on any atom is -0.456 e. The van der Waals surface area contributed by atoms with Crippen molar-refractivity contribution in [2.24, 2.45) is 10.9 Å². The number of carbonyl (C=O) groups excluding carboxylic acids is 3. The van der Waals surface area contributed by atoms with Gasteiger partial charge in [-0.3, -0.25) is 19.6 Å². The summed E-state index contributed by atoms with van der Waals surface area (Å²) >= 11 is 4.64. The highest BCUT2D eigenvalue weighted by Crippen LogP contribution is 2.32. The van der Waals surface area contributed by atoms with E-state index in [9.17, 15) is 14.4 Å². The van der Waals surface area contributed by atoms with Gasteiger partial charge in [-0.1, -0.05) is 26.0 Å². The van der Waals surface area contributed by atoms with Crippen LogP contribution in [0.25, 0.3) is 0 Å². The van der Waals surface area contributed by atoms with Crippen LogP contribution in [0.2, 0.25) is 0 Å². The second-order valence-corrected chi connectivity index (χ2v) is 12.9. The molecule has 0 fully saturated rings. The summed E-state index contributed by atoms with van der Waals surface area (Å²) in [6, 6.07) is 4.99. The fourth-order valence-electron chi connectivity index (χ4n) is 3.89. The lowest BCUT2D eigenvalue weighted by molar-refractivity contribution is -0.153. The monoisotopic (exact) mass is 587 g/mol. The van der Waals surface area contributed by atoms with E-state index >= 15 is 0 Å². The van der Waals surface area contributed by atoms with E-state index in [0.29, 0.717) is 16.5 Å². The molecule has 0 aromatic carbocycles. The van der Waals surface area contributed by atoms with Crippen LogP contribution in [-0.4, -0.2) is 62.0 Å². The number of nitrogens with zero attached hydrogens (tertiary/aromatic N) is 3. The van der Waals surface area contributed by atoms with Crippen LogP contribution in [0.5, 0.6) is 0 Å². The Morgan fingerprint density at radius 2 is 2.13 bits per heavy atom. The van der Waals surface area contributed by atoms with Crippen LogP contribution >= 0.6 is 34.9 Å². The third-order valence-corrected chi connectivity index (χ3v) is 9.31. The minimum atomic E-state index is -1.02. The van der Waals surface area contributed by atoms with E-state index in [1.54, 1.807) is 31.0 Å². The van der Waals surface area contributed by atoms with E-state index in [1.807, 2.05) is 43.5 Å². The number of aromatic nitrogens is 2. The molecule has 2 aromatic rings. The van der Waals surface area contributed by atoms with Gasteiger partial charge in [0.05, 0.1) is 18.7 Å². The van der Waals surface area contributed by atoms with Crippen molar-refractivity contribution in [2.75, 3.05) is 11.5 Å². The van der Waals surface area contributed by atoms with Crippen LogP contribution in [-0.2, 0) is 31.4 Å². The summed E-state index contributed by atoms with van der Waals surface area (Å²) in [5, 5.41) is 9.05. The van der Waals surface area contributed by atoms with E-state index in [0.717, 1.165) is 28.6 Å². The summed E-state index contributed by atoms with van der Waals surface area (Å²) in [4.78, 5) is 52.9. The number of fused-ring (bicyclic) bond motifs is 4. The molecule has 0 radical (unpaired) electrons.